The molecule has 0 unspecified atom stereocenters. The van der Waals surface area contributed by atoms with Gasteiger partial charge in [-0.15, -0.1) is 0 Å². The zero-order chi connectivity index (χ0) is 19.7. The molecule has 2 heterocycles. The van der Waals surface area contributed by atoms with E-state index in [0.717, 1.165) is 34.5 Å². The van der Waals surface area contributed by atoms with Gasteiger partial charge in [-0.1, -0.05) is 11.3 Å². The maximum Gasteiger partial charge on any atom is 0.299 e. The molecular formula is C17H15N5O5S. The predicted molar refractivity (Wildman–Crippen MR) is 106 cm³/mol. The summed E-state index contributed by atoms with van der Waals surface area (Å²) in [4.78, 5) is 27.7. The second-order valence-electron chi connectivity index (χ2n) is 6.12. The van der Waals surface area contributed by atoms with Crippen molar-refractivity contribution in [3.63, 3.8) is 0 Å². The van der Waals surface area contributed by atoms with Crippen LogP contribution in [0.3, 0.4) is 0 Å². The topological polar surface area (TPSA) is 124 Å². The number of nitrogens with zero attached hydrogens (tertiary/aromatic N) is 4. The molecule has 0 radical (unpaired) electrons. The standard InChI is InChI=1S/C17H15N5O5S/c23-21(24)12-2-4-13(15(10-12)22(25)26)18-11-1-3-14-16(9-11)28-17(19-14)20-5-7-27-8-6-20/h1-4,9-10,18H,5-8H2. The molecule has 0 atom stereocenters. The molecule has 4 rings (SSSR count). The van der Waals surface area contributed by atoms with Crippen molar-refractivity contribution < 1.29 is 14.6 Å². The zero-order valence-electron chi connectivity index (χ0n) is 14.5. The average molecular weight is 401 g/mol. The molecule has 0 spiro atoms. The molecule has 1 aromatic heterocycles. The van der Waals surface area contributed by atoms with E-state index in [1.54, 1.807) is 17.4 Å². The molecule has 1 saturated heterocycles. The summed E-state index contributed by atoms with van der Waals surface area (Å²) >= 11 is 1.54. The Hall–Kier alpha value is -3.31. The quantitative estimate of drug-likeness (QED) is 0.507. The van der Waals surface area contributed by atoms with Gasteiger partial charge in [0.05, 0.1) is 39.3 Å². The van der Waals surface area contributed by atoms with E-state index in [0.29, 0.717) is 18.9 Å². The summed E-state index contributed by atoms with van der Waals surface area (Å²) in [6.45, 7) is 2.93. The number of thiazole rings is 1. The Bertz CT molecular complexity index is 1060. The highest BCUT2D eigenvalue weighted by molar-refractivity contribution is 7.22. The Morgan fingerprint density at radius 2 is 1.86 bits per heavy atom. The Balaban J connectivity index is 1.63. The van der Waals surface area contributed by atoms with E-state index in [-0.39, 0.29) is 17.1 Å². The predicted octanol–water partition coefficient (Wildman–Crippen LogP) is 3.69. The van der Waals surface area contributed by atoms with Gasteiger partial charge in [-0.2, -0.15) is 0 Å². The fourth-order valence-corrected chi connectivity index (χ4v) is 3.98. The maximum atomic E-state index is 11.3. The number of nitro benzene ring substituents is 2. The molecule has 3 aromatic rings. The lowest BCUT2D eigenvalue weighted by atomic mass is 10.2. The van der Waals surface area contributed by atoms with Crippen LogP contribution in [0.2, 0.25) is 0 Å². The number of fused-ring (bicyclic) bond motifs is 1. The molecule has 1 N–H and O–H groups in total. The first-order valence-corrected chi connectivity index (χ1v) is 9.26. The fraction of sp³-hybridized carbons (Fsp3) is 0.235. The van der Waals surface area contributed by atoms with Gasteiger partial charge in [0.2, 0.25) is 0 Å². The van der Waals surface area contributed by atoms with Gasteiger partial charge in [0.1, 0.15) is 5.69 Å². The van der Waals surface area contributed by atoms with E-state index < -0.39 is 9.85 Å². The average Bonchev–Trinajstić information content (AvgIpc) is 3.12. The summed E-state index contributed by atoms with van der Waals surface area (Å²) in [5, 5.41) is 26.1. The summed E-state index contributed by atoms with van der Waals surface area (Å²) in [5.41, 5.74) is 0.989. The number of aromatic nitrogens is 1. The molecule has 1 fully saturated rings. The summed E-state index contributed by atoms with van der Waals surface area (Å²) < 4.78 is 6.30. The molecular weight excluding hydrogens is 386 g/mol. The van der Waals surface area contributed by atoms with Crippen LogP contribution >= 0.6 is 11.3 Å². The van der Waals surface area contributed by atoms with Crippen molar-refractivity contribution in [3.05, 3.63) is 56.6 Å². The second kappa shape index (κ2) is 7.37. The summed E-state index contributed by atoms with van der Waals surface area (Å²) in [7, 11) is 0. The van der Waals surface area contributed by atoms with Gasteiger partial charge >= 0.3 is 0 Å². The number of morpholine rings is 1. The van der Waals surface area contributed by atoms with Crippen LogP contribution in [0.5, 0.6) is 0 Å². The minimum absolute atomic E-state index is 0.188. The lowest BCUT2D eigenvalue weighted by molar-refractivity contribution is -0.393. The third-order valence-electron chi connectivity index (χ3n) is 4.33. The molecule has 144 valence electrons. The minimum Gasteiger partial charge on any atom is -0.378 e. The van der Waals surface area contributed by atoms with Crippen molar-refractivity contribution in [1.82, 2.24) is 4.98 Å². The summed E-state index contributed by atoms with van der Waals surface area (Å²) in [6.07, 6.45) is 0. The van der Waals surface area contributed by atoms with Crippen LogP contribution in [-0.4, -0.2) is 41.1 Å². The van der Waals surface area contributed by atoms with Crippen LogP contribution in [-0.2, 0) is 4.74 Å². The summed E-state index contributed by atoms with van der Waals surface area (Å²) in [6, 6.07) is 9.00. The lowest BCUT2D eigenvalue weighted by Gasteiger charge is -2.25. The molecule has 0 aliphatic carbocycles. The highest BCUT2D eigenvalue weighted by atomic mass is 32.1. The normalized spacial score (nSPS) is 14.2. The molecule has 2 aromatic carbocycles. The van der Waals surface area contributed by atoms with E-state index in [2.05, 4.69) is 15.2 Å². The van der Waals surface area contributed by atoms with Crippen molar-refractivity contribution in [3.8, 4) is 0 Å². The number of non-ortho nitro benzene ring substituents is 1. The number of hydrogen-bond acceptors (Lipinski definition) is 9. The number of hydrogen-bond donors (Lipinski definition) is 1. The first-order valence-electron chi connectivity index (χ1n) is 8.44. The van der Waals surface area contributed by atoms with Crippen molar-refractivity contribution >= 4 is 49.4 Å². The molecule has 10 nitrogen and oxygen atoms in total. The molecule has 0 bridgehead atoms. The van der Waals surface area contributed by atoms with Crippen LogP contribution in [0.1, 0.15) is 0 Å². The van der Waals surface area contributed by atoms with Crippen LogP contribution in [0.4, 0.5) is 27.9 Å². The number of rotatable bonds is 5. The van der Waals surface area contributed by atoms with E-state index in [4.69, 9.17) is 4.74 Å². The first-order chi connectivity index (χ1) is 13.5. The van der Waals surface area contributed by atoms with Gasteiger partial charge in [0.15, 0.2) is 5.13 Å². The third kappa shape index (κ3) is 3.57. The minimum atomic E-state index is -0.659. The Kier molecular flexibility index (Phi) is 4.75. The molecule has 0 saturated carbocycles. The van der Waals surface area contributed by atoms with E-state index in [1.807, 2.05) is 12.1 Å². The number of benzene rings is 2. The molecule has 0 amide bonds. The zero-order valence-corrected chi connectivity index (χ0v) is 15.3. The van der Waals surface area contributed by atoms with Crippen LogP contribution in [0.15, 0.2) is 36.4 Å². The molecule has 11 heteroatoms. The van der Waals surface area contributed by atoms with Crippen molar-refractivity contribution in [2.45, 2.75) is 0 Å². The highest BCUT2D eigenvalue weighted by Gasteiger charge is 2.20. The van der Waals surface area contributed by atoms with Gasteiger partial charge in [-0.25, -0.2) is 4.98 Å². The number of nitro groups is 2. The maximum absolute atomic E-state index is 11.3. The SMILES string of the molecule is O=[N+]([O-])c1ccc(Nc2ccc3nc(N4CCOCC4)sc3c2)c([N+](=O)[O-])c1. The van der Waals surface area contributed by atoms with Gasteiger partial charge in [0.25, 0.3) is 11.4 Å². The molecule has 1 aliphatic heterocycles. The van der Waals surface area contributed by atoms with E-state index in [1.165, 1.54) is 12.1 Å². The Labute approximate surface area is 162 Å². The third-order valence-corrected chi connectivity index (χ3v) is 5.41. The van der Waals surface area contributed by atoms with Crippen LogP contribution < -0.4 is 10.2 Å². The first kappa shape index (κ1) is 18.1. The Morgan fingerprint density at radius 3 is 2.57 bits per heavy atom. The molecule has 28 heavy (non-hydrogen) atoms. The summed E-state index contributed by atoms with van der Waals surface area (Å²) in [5.74, 6) is 0. The van der Waals surface area contributed by atoms with Crippen molar-refractivity contribution in [1.29, 1.82) is 0 Å². The Morgan fingerprint density at radius 1 is 1.07 bits per heavy atom. The van der Waals surface area contributed by atoms with Gasteiger partial charge < -0.3 is 15.0 Å². The monoisotopic (exact) mass is 401 g/mol. The number of ether oxygens (including phenoxy) is 1. The number of anilines is 3. The van der Waals surface area contributed by atoms with Crippen LogP contribution in [0.25, 0.3) is 10.2 Å². The largest absolute Gasteiger partial charge is 0.378 e. The smallest absolute Gasteiger partial charge is 0.299 e. The van der Waals surface area contributed by atoms with Crippen LogP contribution in [0, 0.1) is 20.2 Å². The fourth-order valence-electron chi connectivity index (χ4n) is 2.93. The van der Waals surface area contributed by atoms with E-state index >= 15 is 0 Å². The van der Waals surface area contributed by atoms with Crippen molar-refractivity contribution in [2.75, 3.05) is 36.5 Å². The lowest BCUT2D eigenvalue weighted by Crippen LogP contribution is -2.36. The van der Waals surface area contributed by atoms with Gasteiger partial charge in [-0.3, -0.25) is 20.2 Å². The van der Waals surface area contributed by atoms with Gasteiger partial charge in [-0.05, 0) is 24.3 Å². The van der Waals surface area contributed by atoms with E-state index in [9.17, 15) is 20.2 Å². The van der Waals surface area contributed by atoms with Crippen molar-refractivity contribution in [2.24, 2.45) is 0 Å². The second-order valence-corrected chi connectivity index (χ2v) is 7.13. The van der Waals surface area contributed by atoms with Gasteiger partial charge in [0, 0.05) is 24.8 Å². The molecule has 1 aliphatic rings. The highest BCUT2D eigenvalue weighted by Crippen LogP contribution is 2.34. The number of nitrogens with one attached hydrogen (secondary N) is 1.